The molecule has 1 saturated heterocycles. The number of benzene rings is 3. The lowest BCUT2D eigenvalue weighted by Crippen LogP contribution is -2.30. The number of rotatable bonds is 6. The van der Waals surface area contributed by atoms with Crippen LogP contribution in [0, 0.1) is 0 Å². The van der Waals surface area contributed by atoms with Crippen LogP contribution in [-0.2, 0) is 4.79 Å². The number of hydrogen-bond donors (Lipinski definition) is 0. The number of para-hydroxylation sites is 1. The maximum atomic E-state index is 13.0. The molecule has 4 aromatic rings. The number of hydrogen-bond acceptors (Lipinski definition) is 4. The molecule has 1 amide bonds. The average molecular weight is 441 g/mol. The number of nitrogens with zero attached hydrogens (tertiary/aromatic N) is 2. The van der Waals surface area contributed by atoms with Gasteiger partial charge in [-0.2, -0.15) is 0 Å². The third kappa shape index (κ3) is 4.21. The Hall–Kier alpha value is -3.31. The maximum absolute atomic E-state index is 13.0. The maximum Gasteiger partial charge on any atom is 0.223 e. The molecule has 2 heterocycles. The molecule has 1 aromatic heterocycles. The van der Waals surface area contributed by atoms with Crippen molar-refractivity contribution in [2.75, 3.05) is 6.54 Å². The third-order valence-corrected chi connectivity index (χ3v) is 7.19. The van der Waals surface area contributed by atoms with Crippen LogP contribution in [0.15, 0.2) is 78.9 Å². The molecule has 160 valence electrons. The van der Waals surface area contributed by atoms with Gasteiger partial charge in [0.15, 0.2) is 5.78 Å². The third-order valence-electron chi connectivity index (χ3n) is 6.05. The molecule has 3 aromatic carbocycles. The molecule has 1 aliphatic heterocycles. The average Bonchev–Trinajstić information content (AvgIpc) is 3.50. The molecule has 1 aliphatic rings. The number of likely N-dealkylation sites (tertiary alicyclic amines) is 1. The van der Waals surface area contributed by atoms with Crippen molar-refractivity contribution in [1.29, 1.82) is 0 Å². The fourth-order valence-electron chi connectivity index (χ4n) is 4.34. The van der Waals surface area contributed by atoms with Gasteiger partial charge in [-0.05, 0) is 36.1 Å². The van der Waals surface area contributed by atoms with Gasteiger partial charge in [-0.3, -0.25) is 9.59 Å². The van der Waals surface area contributed by atoms with E-state index in [0.29, 0.717) is 5.56 Å². The van der Waals surface area contributed by atoms with Gasteiger partial charge < -0.3 is 4.90 Å². The van der Waals surface area contributed by atoms with Gasteiger partial charge in [0.25, 0.3) is 0 Å². The Balaban J connectivity index is 1.22. The van der Waals surface area contributed by atoms with E-state index in [1.807, 2.05) is 77.7 Å². The summed E-state index contributed by atoms with van der Waals surface area (Å²) in [5, 5.41) is 1.000. The van der Waals surface area contributed by atoms with Crippen molar-refractivity contribution >= 4 is 33.2 Å². The fraction of sp³-hybridized carbons (Fsp3) is 0.222. The van der Waals surface area contributed by atoms with Crippen LogP contribution in [0.5, 0.6) is 0 Å². The first-order valence-corrected chi connectivity index (χ1v) is 11.8. The highest BCUT2D eigenvalue weighted by Crippen LogP contribution is 2.36. The minimum atomic E-state index is 0.00805. The summed E-state index contributed by atoms with van der Waals surface area (Å²) < 4.78 is 1.15. The quantitative estimate of drug-likeness (QED) is 0.331. The van der Waals surface area contributed by atoms with Crippen molar-refractivity contribution in [2.45, 2.75) is 31.7 Å². The zero-order valence-corrected chi connectivity index (χ0v) is 18.6. The van der Waals surface area contributed by atoms with E-state index in [1.54, 1.807) is 11.3 Å². The van der Waals surface area contributed by atoms with Crippen molar-refractivity contribution in [2.24, 2.45) is 0 Å². The molecule has 0 spiro atoms. The van der Waals surface area contributed by atoms with Crippen molar-refractivity contribution in [3.8, 4) is 11.1 Å². The molecule has 0 bridgehead atoms. The minimum absolute atomic E-state index is 0.00805. The van der Waals surface area contributed by atoms with Crippen LogP contribution in [0.3, 0.4) is 0 Å². The Morgan fingerprint density at radius 1 is 0.875 bits per heavy atom. The molecule has 1 fully saturated rings. The molecule has 4 nitrogen and oxygen atoms in total. The van der Waals surface area contributed by atoms with Crippen LogP contribution in [0.1, 0.15) is 47.1 Å². The van der Waals surface area contributed by atoms with Crippen LogP contribution in [0.4, 0.5) is 0 Å². The zero-order valence-electron chi connectivity index (χ0n) is 17.7. The standard InChI is InChI=1S/C27H24N2O2S/c30-24(21-14-12-20(13-15-21)19-7-2-1-3-8-19)16-17-26(31)29-18-6-10-23(29)27-28-22-9-4-5-11-25(22)32-27/h1-5,7-9,11-15,23H,6,10,16-18H2/t23-/m1/s1. The van der Waals surface area contributed by atoms with E-state index in [2.05, 4.69) is 6.07 Å². The number of carbonyl (C=O) groups is 2. The number of aromatic nitrogens is 1. The molecule has 5 rings (SSSR count). The van der Waals surface area contributed by atoms with Gasteiger partial charge in [0, 0.05) is 24.9 Å². The Morgan fingerprint density at radius 2 is 1.59 bits per heavy atom. The molecule has 1 atom stereocenters. The summed E-state index contributed by atoms with van der Waals surface area (Å²) in [4.78, 5) is 32.4. The summed E-state index contributed by atoms with van der Waals surface area (Å²) in [6.07, 6.45) is 2.37. The van der Waals surface area contributed by atoms with Gasteiger partial charge in [-0.1, -0.05) is 66.7 Å². The van der Waals surface area contributed by atoms with Crippen LogP contribution >= 0.6 is 11.3 Å². The SMILES string of the molecule is O=C(CCC(=O)N1CCC[C@@H]1c1nc2ccccc2s1)c1ccc(-c2ccccc2)cc1. The van der Waals surface area contributed by atoms with Gasteiger partial charge in [-0.15, -0.1) is 11.3 Å². The lowest BCUT2D eigenvalue weighted by Gasteiger charge is -2.23. The van der Waals surface area contributed by atoms with E-state index in [-0.39, 0.29) is 30.6 Å². The molecule has 32 heavy (non-hydrogen) atoms. The number of amides is 1. The molecule has 0 N–H and O–H groups in total. The first-order chi connectivity index (χ1) is 15.7. The van der Waals surface area contributed by atoms with Crippen LogP contribution in [0.25, 0.3) is 21.3 Å². The van der Waals surface area contributed by atoms with E-state index in [1.165, 1.54) is 0 Å². The van der Waals surface area contributed by atoms with Gasteiger partial charge in [0.2, 0.25) is 5.91 Å². The van der Waals surface area contributed by atoms with E-state index in [0.717, 1.165) is 45.7 Å². The number of carbonyl (C=O) groups excluding carboxylic acids is 2. The van der Waals surface area contributed by atoms with Crippen LogP contribution in [0.2, 0.25) is 0 Å². The van der Waals surface area contributed by atoms with Crippen LogP contribution in [-0.4, -0.2) is 28.1 Å². The highest BCUT2D eigenvalue weighted by molar-refractivity contribution is 7.18. The monoisotopic (exact) mass is 440 g/mol. The second kappa shape index (κ2) is 9.05. The minimum Gasteiger partial charge on any atom is -0.333 e. The van der Waals surface area contributed by atoms with E-state index < -0.39 is 0 Å². The predicted octanol–water partition coefficient (Wildman–Crippen LogP) is 6.29. The summed E-state index contributed by atoms with van der Waals surface area (Å²) >= 11 is 1.66. The van der Waals surface area contributed by atoms with Gasteiger partial charge in [0.1, 0.15) is 5.01 Å². The van der Waals surface area contributed by atoms with Crippen molar-refractivity contribution < 1.29 is 9.59 Å². The molecule has 5 heteroatoms. The Bertz CT molecular complexity index is 1210. The predicted molar refractivity (Wildman–Crippen MR) is 129 cm³/mol. The van der Waals surface area contributed by atoms with Crippen molar-refractivity contribution in [3.63, 3.8) is 0 Å². The lowest BCUT2D eigenvalue weighted by molar-refractivity contribution is -0.132. The van der Waals surface area contributed by atoms with Gasteiger partial charge in [0.05, 0.1) is 16.3 Å². The van der Waals surface area contributed by atoms with E-state index >= 15 is 0 Å². The van der Waals surface area contributed by atoms with Crippen LogP contribution < -0.4 is 0 Å². The largest absolute Gasteiger partial charge is 0.333 e. The molecular weight excluding hydrogens is 416 g/mol. The summed E-state index contributed by atoms with van der Waals surface area (Å²) in [5.41, 5.74) is 3.84. The zero-order chi connectivity index (χ0) is 21.9. The number of ketones is 1. The summed E-state index contributed by atoms with van der Waals surface area (Å²) in [5.74, 6) is 0.0507. The summed E-state index contributed by atoms with van der Waals surface area (Å²) in [6.45, 7) is 0.736. The number of fused-ring (bicyclic) bond motifs is 1. The van der Waals surface area contributed by atoms with Crippen molar-refractivity contribution in [1.82, 2.24) is 9.88 Å². The van der Waals surface area contributed by atoms with Gasteiger partial charge >= 0.3 is 0 Å². The molecule has 0 aliphatic carbocycles. The number of Topliss-reactive ketones (excluding diaryl/α,β-unsaturated/α-hetero) is 1. The molecule has 0 unspecified atom stereocenters. The molecule has 0 saturated carbocycles. The molecular formula is C27H24N2O2S. The Kier molecular flexibility index (Phi) is 5.82. The fourth-order valence-corrected chi connectivity index (χ4v) is 5.46. The molecule has 0 radical (unpaired) electrons. The summed E-state index contributed by atoms with van der Waals surface area (Å²) in [7, 11) is 0. The lowest BCUT2D eigenvalue weighted by atomic mass is 10.0. The first-order valence-electron chi connectivity index (χ1n) is 11.0. The second-order valence-electron chi connectivity index (χ2n) is 8.13. The smallest absolute Gasteiger partial charge is 0.223 e. The first kappa shape index (κ1) is 20.6. The van der Waals surface area contributed by atoms with E-state index in [9.17, 15) is 9.59 Å². The highest BCUT2D eigenvalue weighted by Gasteiger charge is 2.32. The topological polar surface area (TPSA) is 50.3 Å². The van der Waals surface area contributed by atoms with E-state index in [4.69, 9.17) is 4.98 Å². The Labute approximate surface area is 191 Å². The summed E-state index contributed by atoms with van der Waals surface area (Å²) in [6, 6.07) is 25.8. The number of thiazole rings is 1. The Morgan fingerprint density at radius 3 is 2.38 bits per heavy atom. The second-order valence-corrected chi connectivity index (χ2v) is 9.19. The normalized spacial score (nSPS) is 15.9. The van der Waals surface area contributed by atoms with Gasteiger partial charge in [-0.25, -0.2) is 4.98 Å². The van der Waals surface area contributed by atoms with Crippen molar-refractivity contribution in [3.05, 3.63) is 89.4 Å². The highest BCUT2D eigenvalue weighted by atomic mass is 32.1.